The van der Waals surface area contributed by atoms with E-state index in [4.69, 9.17) is 9.47 Å². The average molecular weight is 285 g/mol. The van der Waals surface area contributed by atoms with Crippen LogP contribution in [0.5, 0.6) is 11.5 Å². The quantitative estimate of drug-likeness (QED) is 0.922. The fraction of sp³-hybridized carbons (Fsp3) is 0.222. The molecule has 1 heterocycles. The average Bonchev–Trinajstić information content (AvgIpc) is 2.79. The zero-order chi connectivity index (χ0) is 11.4. The number of methoxy groups -OCH3 is 1. The lowest BCUT2D eigenvalue weighted by molar-refractivity contribution is 0.295. The van der Waals surface area contributed by atoms with Crippen molar-refractivity contribution in [1.29, 1.82) is 0 Å². The van der Waals surface area contributed by atoms with E-state index >= 15 is 0 Å². The summed E-state index contributed by atoms with van der Waals surface area (Å²) in [5.41, 5.74) is 0. The topological polar surface area (TPSA) is 72.9 Å². The van der Waals surface area contributed by atoms with Crippen LogP contribution in [0.25, 0.3) is 0 Å². The smallest absolute Gasteiger partial charge is 0.211 e. The molecule has 0 aliphatic rings. The highest BCUT2D eigenvalue weighted by Crippen LogP contribution is 2.28. The summed E-state index contributed by atoms with van der Waals surface area (Å²) in [7, 11) is 1.61. The van der Waals surface area contributed by atoms with Gasteiger partial charge in [-0.15, -0.1) is 10.2 Å². The van der Waals surface area contributed by atoms with E-state index in [0.717, 1.165) is 10.2 Å². The maximum absolute atomic E-state index is 5.46. The van der Waals surface area contributed by atoms with Crippen molar-refractivity contribution in [2.45, 2.75) is 6.61 Å². The van der Waals surface area contributed by atoms with Crippen LogP contribution in [0, 0.1) is 0 Å². The summed E-state index contributed by atoms with van der Waals surface area (Å²) in [6.07, 6.45) is 0. The molecule has 0 aliphatic heterocycles. The van der Waals surface area contributed by atoms with Crippen LogP contribution in [-0.2, 0) is 6.61 Å². The normalized spacial score (nSPS) is 10.1. The molecule has 0 aliphatic carbocycles. The van der Waals surface area contributed by atoms with Gasteiger partial charge in [0, 0.05) is 0 Å². The highest BCUT2D eigenvalue weighted by Gasteiger charge is 2.03. The van der Waals surface area contributed by atoms with Gasteiger partial charge in [-0.25, -0.2) is 0 Å². The van der Waals surface area contributed by atoms with Crippen LogP contribution in [0.15, 0.2) is 22.7 Å². The van der Waals surface area contributed by atoms with E-state index in [-0.39, 0.29) is 6.61 Å². The highest BCUT2D eigenvalue weighted by molar-refractivity contribution is 9.10. The monoisotopic (exact) mass is 284 g/mol. The zero-order valence-electron chi connectivity index (χ0n) is 8.48. The molecule has 0 spiro atoms. The van der Waals surface area contributed by atoms with E-state index in [1.807, 2.05) is 18.2 Å². The molecule has 7 heteroatoms. The van der Waals surface area contributed by atoms with E-state index in [2.05, 4.69) is 36.6 Å². The first-order valence-electron chi connectivity index (χ1n) is 4.48. The summed E-state index contributed by atoms with van der Waals surface area (Å²) >= 11 is 3.37. The summed E-state index contributed by atoms with van der Waals surface area (Å²) in [4.78, 5) is 0. The van der Waals surface area contributed by atoms with Gasteiger partial charge in [0.2, 0.25) is 5.82 Å². The number of nitrogens with zero attached hydrogens (tertiary/aromatic N) is 3. The third-order valence-corrected chi connectivity index (χ3v) is 2.50. The molecule has 1 aromatic carbocycles. The van der Waals surface area contributed by atoms with Gasteiger partial charge in [0.25, 0.3) is 0 Å². The number of ether oxygens (including phenoxy) is 2. The molecule has 16 heavy (non-hydrogen) atoms. The maximum atomic E-state index is 5.46. The molecule has 0 amide bonds. The van der Waals surface area contributed by atoms with E-state index in [1.165, 1.54) is 0 Å². The van der Waals surface area contributed by atoms with Crippen molar-refractivity contribution in [2.24, 2.45) is 0 Å². The summed E-state index contributed by atoms with van der Waals surface area (Å²) in [6.45, 7) is 0.273. The van der Waals surface area contributed by atoms with E-state index in [9.17, 15) is 0 Å². The highest BCUT2D eigenvalue weighted by atomic mass is 79.9. The Morgan fingerprint density at radius 2 is 2.31 bits per heavy atom. The number of tetrazole rings is 1. The molecule has 1 aromatic heterocycles. The van der Waals surface area contributed by atoms with E-state index < -0.39 is 0 Å². The van der Waals surface area contributed by atoms with Crippen LogP contribution in [0.3, 0.4) is 0 Å². The van der Waals surface area contributed by atoms with Crippen molar-refractivity contribution in [3.63, 3.8) is 0 Å². The van der Waals surface area contributed by atoms with Crippen LogP contribution >= 0.6 is 15.9 Å². The Morgan fingerprint density at radius 1 is 1.44 bits per heavy atom. The molecule has 2 aromatic rings. The minimum absolute atomic E-state index is 0.273. The van der Waals surface area contributed by atoms with Gasteiger partial charge in [-0.05, 0) is 34.1 Å². The Hall–Kier alpha value is -1.63. The number of H-pyrrole nitrogens is 1. The van der Waals surface area contributed by atoms with Crippen molar-refractivity contribution in [3.05, 3.63) is 28.5 Å². The molecule has 84 valence electrons. The summed E-state index contributed by atoms with van der Waals surface area (Å²) < 4.78 is 11.4. The fourth-order valence-corrected chi connectivity index (χ4v) is 1.65. The molecule has 0 unspecified atom stereocenters. The lowest BCUT2D eigenvalue weighted by Gasteiger charge is -2.06. The van der Waals surface area contributed by atoms with Crippen LogP contribution < -0.4 is 9.47 Å². The second-order valence-corrected chi connectivity index (χ2v) is 3.77. The lowest BCUT2D eigenvalue weighted by Crippen LogP contribution is -1.98. The second kappa shape index (κ2) is 4.93. The van der Waals surface area contributed by atoms with Crippen LogP contribution in [0.1, 0.15) is 5.82 Å². The van der Waals surface area contributed by atoms with Crippen LogP contribution in [0.2, 0.25) is 0 Å². The Kier molecular flexibility index (Phi) is 3.35. The number of benzene rings is 1. The van der Waals surface area contributed by atoms with E-state index in [1.54, 1.807) is 7.11 Å². The second-order valence-electron chi connectivity index (χ2n) is 2.91. The van der Waals surface area contributed by atoms with Crippen molar-refractivity contribution < 1.29 is 9.47 Å². The molecule has 0 bridgehead atoms. The first-order chi connectivity index (χ1) is 7.79. The molecule has 0 saturated heterocycles. The van der Waals surface area contributed by atoms with Gasteiger partial charge in [-0.2, -0.15) is 5.21 Å². The first kappa shape index (κ1) is 10.9. The zero-order valence-corrected chi connectivity index (χ0v) is 10.1. The van der Waals surface area contributed by atoms with Crippen molar-refractivity contribution >= 4 is 15.9 Å². The number of hydrogen-bond acceptors (Lipinski definition) is 5. The number of aromatic amines is 1. The predicted octanol–water partition coefficient (Wildman–Crippen LogP) is 1.55. The first-order valence-corrected chi connectivity index (χ1v) is 5.27. The third-order valence-electron chi connectivity index (χ3n) is 1.88. The standard InChI is InChI=1S/C9H9BrN4O2/c1-15-8-3-2-6(4-7(8)10)16-5-9-11-13-14-12-9/h2-4H,5H2,1H3,(H,11,12,13,14). The SMILES string of the molecule is COc1ccc(OCc2nn[nH]n2)cc1Br. The molecule has 0 atom stereocenters. The van der Waals surface area contributed by atoms with E-state index in [0.29, 0.717) is 11.6 Å². The van der Waals surface area contributed by atoms with Gasteiger partial charge in [0.05, 0.1) is 11.6 Å². The Labute approximate surface area is 100 Å². The fourth-order valence-electron chi connectivity index (χ4n) is 1.13. The molecule has 0 saturated carbocycles. The molecular formula is C9H9BrN4O2. The number of aromatic nitrogens is 4. The Morgan fingerprint density at radius 3 is 2.94 bits per heavy atom. The number of hydrogen-bond donors (Lipinski definition) is 1. The number of nitrogens with one attached hydrogen (secondary N) is 1. The molecule has 2 rings (SSSR count). The number of halogens is 1. The molecule has 6 nitrogen and oxygen atoms in total. The molecule has 0 radical (unpaired) electrons. The predicted molar refractivity (Wildman–Crippen MR) is 59.2 cm³/mol. The van der Waals surface area contributed by atoms with Gasteiger partial charge in [0.1, 0.15) is 11.5 Å². The van der Waals surface area contributed by atoms with Gasteiger partial charge in [0.15, 0.2) is 6.61 Å². The molecule has 1 N–H and O–H groups in total. The van der Waals surface area contributed by atoms with Crippen molar-refractivity contribution in [3.8, 4) is 11.5 Å². The summed E-state index contributed by atoms with van der Waals surface area (Å²) in [5.74, 6) is 1.97. The van der Waals surface area contributed by atoms with Gasteiger partial charge in [-0.1, -0.05) is 5.21 Å². The van der Waals surface area contributed by atoms with Gasteiger partial charge >= 0.3 is 0 Å². The largest absolute Gasteiger partial charge is 0.496 e. The van der Waals surface area contributed by atoms with Crippen LogP contribution in [0.4, 0.5) is 0 Å². The van der Waals surface area contributed by atoms with Crippen LogP contribution in [-0.4, -0.2) is 27.7 Å². The number of rotatable bonds is 4. The summed E-state index contributed by atoms with van der Waals surface area (Å²) in [5, 5.41) is 13.3. The minimum atomic E-state index is 0.273. The van der Waals surface area contributed by atoms with Gasteiger partial charge in [-0.3, -0.25) is 0 Å². The minimum Gasteiger partial charge on any atom is -0.496 e. The lowest BCUT2D eigenvalue weighted by atomic mass is 10.3. The molecule has 0 fully saturated rings. The van der Waals surface area contributed by atoms with Gasteiger partial charge < -0.3 is 9.47 Å². The van der Waals surface area contributed by atoms with Crippen molar-refractivity contribution in [1.82, 2.24) is 20.6 Å². The Balaban J connectivity index is 2.02. The third kappa shape index (κ3) is 2.48. The maximum Gasteiger partial charge on any atom is 0.211 e. The van der Waals surface area contributed by atoms with Crippen molar-refractivity contribution in [2.75, 3.05) is 7.11 Å². The molecular weight excluding hydrogens is 276 g/mol. The summed E-state index contributed by atoms with van der Waals surface area (Å²) in [6, 6.07) is 5.44. The Bertz CT molecular complexity index is 461.